The number of hydrogen-bond donors (Lipinski definition) is 2. The van der Waals surface area contributed by atoms with Crippen LogP contribution in [0.15, 0.2) is 27.4 Å². The van der Waals surface area contributed by atoms with Gasteiger partial charge in [0, 0.05) is 18.5 Å². The highest BCUT2D eigenvalue weighted by molar-refractivity contribution is 5.73. The number of aromatic nitrogens is 1. The fourth-order valence-electron chi connectivity index (χ4n) is 2.89. The molecule has 0 aliphatic carbocycles. The zero-order chi connectivity index (χ0) is 12.2. The molecule has 0 spiro atoms. The molecule has 5 heteroatoms. The lowest BCUT2D eigenvalue weighted by Crippen LogP contribution is -2.62. The Kier molecular flexibility index (Phi) is 1.99. The van der Waals surface area contributed by atoms with E-state index in [-0.39, 0.29) is 5.41 Å². The summed E-state index contributed by atoms with van der Waals surface area (Å²) in [4.78, 5) is 13.8. The molecule has 0 bridgehead atoms. The smallest absolute Gasteiger partial charge is 0.408 e. The van der Waals surface area contributed by atoms with Gasteiger partial charge in [-0.15, -0.1) is 0 Å². The van der Waals surface area contributed by atoms with Crippen LogP contribution in [0.1, 0.15) is 5.56 Å². The molecule has 2 aliphatic heterocycles. The van der Waals surface area contributed by atoms with Gasteiger partial charge in [0.25, 0.3) is 0 Å². The SMILES string of the molecule is O=c1[nH]c2ccc(C3(C4CNC4)COC3)cc2o1. The van der Waals surface area contributed by atoms with Gasteiger partial charge in [0.05, 0.1) is 18.7 Å². The number of nitrogens with one attached hydrogen (secondary N) is 2. The summed E-state index contributed by atoms with van der Waals surface area (Å²) in [7, 11) is 0. The lowest BCUT2D eigenvalue weighted by atomic mass is 9.66. The van der Waals surface area contributed by atoms with Gasteiger partial charge in [-0.2, -0.15) is 0 Å². The lowest BCUT2D eigenvalue weighted by Gasteiger charge is -2.51. The van der Waals surface area contributed by atoms with Crippen LogP contribution < -0.4 is 11.1 Å². The first kappa shape index (κ1) is 10.3. The van der Waals surface area contributed by atoms with Crippen LogP contribution in [0.4, 0.5) is 0 Å². The predicted molar refractivity (Wildman–Crippen MR) is 65.7 cm³/mol. The first-order chi connectivity index (χ1) is 8.78. The fraction of sp³-hybridized carbons (Fsp3) is 0.462. The molecule has 2 aromatic rings. The van der Waals surface area contributed by atoms with Gasteiger partial charge in [-0.25, -0.2) is 4.79 Å². The maximum absolute atomic E-state index is 11.2. The fourth-order valence-corrected chi connectivity index (χ4v) is 2.89. The molecule has 94 valence electrons. The summed E-state index contributed by atoms with van der Waals surface area (Å²) in [6, 6.07) is 5.98. The summed E-state index contributed by atoms with van der Waals surface area (Å²) in [5.74, 6) is 0.223. The number of oxazole rings is 1. The molecule has 2 saturated heterocycles. The molecule has 5 nitrogen and oxygen atoms in total. The van der Waals surface area contributed by atoms with Crippen LogP contribution in [0, 0.1) is 5.92 Å². The highest BCUT2D eigenvalue weighted by Gasteiger charge is 2.49. The predicted octanol–water partition coefficient (Wildman–Crippen LogP) is 0.608. The molecule has 1 aromatic heterocycles. The molecular weight excluding hydrogens is 232 g/mol. The van der Waals surface area contributed by atoms with E-state index >= 15 is 0 Å². The van der Waals surface area contributed by atoms with E-state index in [2.05, 4.69) is 16.4 Å². The van der Waals surface area contributed by atoms with Crippen molar-refractivity contribution in [3.05, 3.63) is 34.3 Å². The number of benzene rings is 1. The topological polar surface area (TPSA) is 67.3 Å². The molecule has 0 amide bonds. The minimum Gasteiger partial charge on any atom is -0.408 e. The van der Waals surface area contributed by atoms with Crippen LogP contribution >= 0.6 is 0 Å². The summed E-state index contributed by atoms with van der Waals surface area (Å²) < 4.78 is 10.6. The Morgan fingerprint density at radius 3 is 2.72 bits per heavy atom. The van der Waals surface area contributed by atoms with Gasteiger partial charge in [-0.3, -0.25) is 4.98 Å². The molecule has 0 unspecified atom stereocenters. The van der Waals surface area contributed by atoms with Crippen LogP contribution in [0.25, 0.3) is 11.1 Å². The summed E-state index contributed by atoms with van der Waals surface area (Å²) in [6.45, 7) is 3.61. The maximum atomic E-state index is 11.2. The third-order valence-corrected chi connectivity index (χ3v) is 4.28. The third-order valence-electron chi connectivity index (χ3n) is 4.28. The van der Waals surface area contributed by atoms with Gasteiger partial charge >= 0.3 is 5.76 Å². The second-order valence-electron chi connectivity index (χ2n) is 5.23. The van der Waals surface area contributed by atoms with Crippen LogP contribution in [-0.4, -0.2) is 31.3 Å². The van der Waals surface area contributed by atoms with Crippen molar-refractivity contribution in [1.29, 1.82) is 0 Å². The van der Waals surface area contributed by atoms with Gasteiger partial charge in [0.1, 0.15) is 0 Å². The molecule has 2 N–H and O–H groups in total. The Hall–Kier alpha value is -1.59. The maximum Gasteiger partial charge on any atom is 0.417 e. The molecule has 2 aliphatic rings. The summed E-state index contributed by atoms with van der Waals surface area (Å²) >= 11 is 0. The highest BCUT2D eigenvalue weighted by atomic mass is 16.5. The van der Waals surface area contributed by atoms with E-state index in [4.69, 9.17) is 9.15 Å². The van der Waals surface area contributed by atoms with Gasteiger partial charge in [-0.1, -0.05) is 6.07 Å². The molecule has 2 fully saturated rings. The summed E-state index contributed by atoms with van der Waals surface area (Å²) in [6.07, 6.45) is 0. The van der Waals surface area contributed by atoms with E-state index in [0.717, 1.165) is 31.8 Å². The van der Waals surface area contributed by atoms with E-state index in [0.29, 0.717) is 11.5 Å². The number of rotatable bonds is 2. The molecule has 0 radical (unpaired) electrons. The minimum atomic E-state index is -0.397. The van der Waals surface area contributed by atoms with E-state index in [1.807, 2.05) is 12.1 Å². The van der Waals surface area contributed by atoms with Crippen LogP contribution in [0.5, 0.6) is 0 Å². The van der Waals surface area contributed by atoms with Crippen LogP contribution in [0.3, 0.4) is 0 Å². The molecule has 0 atom stereocenters. The largest absolute Gasteiger partial charge is 0.417 e. The summed E-state index contributed by atoms with van der Waals surface area (Å²) in [5, 5.41) is 3.31. The van der Waals surface area contributed by atoms with Crippen LogP contribution in [0.2, 0.25) is 0 Å². The zero-order valence-electron chi connectivity index (χ0n) is 9.86. The molecular formula is C13H14N2O3. The third kappa shape index (κ3) is 1.26. The average molecular weight is 246 g/mol. The number of fused-ring (bicyclic) bond motifs is 1. The molecule has 3 heterocycles. The normalized spacial score (nSPS) is 22.7. The number of hydrogen-bond acceptors (Lipinski definition) is 4. The number of H-pyrrole nitrogens is 1. The quantitative estimate of drug-likeness (QED) is 0.814. The zero-order valence-corrected chi connectivity index (χ0v) is 9.86. The van der Waals surface area contributed by atoms with Crippen molar-refractivity contribution in [1.82, 2.24) is 10.3 Å². The van der Waals surface area contributed by atoms with Crippen molar-refractivity contribution in [2.24, 2.45) is 5.92 Å². The molecule has 4 rings (SSSR count). The molecule has 0 saturated carbocycles. The highest BCUT2D eigenvalue weighted by Crippen LogP contribution is 2.41. The Labute approximate surface area is 103 Å². The van der Waals surface area contributed by atoms with E-state index in [9.17, 15) is 4.79 Å². The minimum absolute atomic E-state index is 0.106. The van der Waals surface area contributed by atoms with Gasteiger partial charge < -0.3 is 14.5 Å². The standard InChI is InChI=1S/C13H14N2O3/c16-12-15-10-2-1-8(3-11(10)18-12)13(6-17-7-13)9-4-14-5-9/h1-3,9,14H,4-7H2,(H,15,16). The van der Waals surface area contributed by atoms with Crippen LogP contribution in [-0.2, 0) is 10.2 Å². The lowest BCUT2D eigenvalue weighted by molar-refractivity contribution is -0.101. The van der Waals surface area contributed by atoms with Crippen molar-refractivity contribution < 1.29 is 9.15 Å². The Morgan fingerprint density at radius 1 is 1.28 bits per heavy atom. The van der Waals surface area contributed by atoms with E-state index < -0.39 is 5.76 Å². The number of aromatic amines is 1. The summed E-state index contributed by atoms with van der Waals surface area (Å²) in [5.41, 5.74) is 2.72. The molecule has 18 heavy (non-hydrogen) atoms. The van der Waals surface area contributed by atoms with Crippen molar-refractivity contribution in [3.8, 4) is 0 Å². The van der Waals surface area contributed by atoms with Crippen molar-refractivity contribution >= 4 is 11.1 Å². The van der Waals surface area contributed by atoms with Gasteiger partial charge in [0.15, 0.2) is 5.58 Å². The molecule has 1 aromatic carbocycles. The monoisotopic (exact) mass is 246 g/mol. The number of ether oxygens (including phenoxy) is 1. The first-order valence-corrected chi connectivity index (χ1v) is 6.20. The Bertz CT molecular complexity index is 650. The van der Waals surface area contributed by atoms with Crippen molar-refractivity contribution in [2.75, 3.05) is 26.3 Å². The van der Waals surface area contributed by atoms with Gasteiger partial charge in [0.2, 0.25) is 0 Å². The van der Waals surface area contributed by atoms with Crippen molar-refractivity contribution in [3.63, 3.8) is 0 Å². The second kappa shape index (κ2) is 3.46. The van der Waals surface area contributed by atoms with Gasteiger partial charge in [-0.05, 0) is 23.6 Å². The second-order valence-corrected chi connectivity index (χ2v) is 5.23. The van der Waals surface area contributed by atoms with Crippen molar-refractivity contribution in [2.45, 2.75) is 5.41 Å². The Balaban J connectivity index is 1.82. The first-order valence-electron chi connectivity index (χ1n) is 6.20. The average Bonchev–Trinajstić information content (AvgIpc) is 2.59. The Morgan fingerprint density at radius 2 is 2.11 bits per heavy atom. The van der Waals surface area contributed by atoms with E-state index in [1.54, 1.807) is 0 Å². The van der Waals surface area contributed by atoms with E-state index in [1.165, 1.54) is 5.56 Å².